The van der Waals surface area contributed by atoms with Crippen molar-refractivity contribution < 1.29 is 4.74 Å². The van der Waals surface area contributed by atoms with E-state index in [0.29, 0.717) is 0 Å². The standard InChI is InChI=1S/C22H27N3O/c1-22(2,3)16-12-15-7-11-26-21(15)18(13-16)17(14-20-24-9-10-25-20)19-6-4-5-8-23-19/h4-6,8,12-13,17H,7,9-11,14H2,1-3H3,(H,24,25). The summed E-state index contributed by atoms with van der Waals surface area (Å²) in [6.07, 6.45) is 3.70. The van der Waals surface area contributed by atoms with Gasteiger partial charge in [0.05, 0.1) is 19.0 Å². The fourth-order valence-corrected chi connectivity index (χ4v) is 3.76. The smallest absolute Gasteiger partial charge is 0.126 e. The van der Waals surface area contributed by atoms with Gasteiger partial charge in [0.15, 0.2) is 0 Å². The van der Waals surface area contributed by atoms with Gasteiger partial charge in [-0.05, 0) is 28.7 Å². The highest BCUT2D eigenvalue weighted by Crippen LogP contribution is 2.41. The van der Waals surface area contributed by atoms with E-state index >= 15 is 0 Å². The van der Waals surface area contributed by atoms with Crippen molar-refractivity contribution >= 4 is 5.84 Å². The Kier molecular flexibility index (Phi) is 4.43. The quantitative estimate of drug-likeness (QED) is 0.912. The minimum absolute atomic E-state index is 0.101. The molecule has 1 aromatic carbocycles. The van der Waals surface area contributed by atoms with Gasteiger partial charge in [0.1, 0.15) is 5.75 Å². The van der Waals surface area contributed by atoms with Crippen LogP contribution in [0.25, 0.3) is 0 Å². The van der Waals surface area contributed by atoms with Gasteiger partial charge in [-0.25, -0.2) is 0 Å². The van der Waals surface area contributed by atoms with Crippen molar-refractivity contribution in [2.24, 2.45) is 4.99 Å². The molecule has 0 amide bonds. The maximum atomic E-state index is 6.08. The Labute approximate surface area is 155 Å². The lowest BCUT2D eigenvalue weighted by atomic mass is 9.81. The molecule has 0 radical (unpaired) electrons. The highest BCUT2D eigenvalue weighted by atomic mass is 16.5. The van der Waals surface area contributed by atoms with E-state index < -0.39 is 0 Å². The van der Waals surface area contributed by atoms with Gasteiger partial charge in [0.25, 0.3) is 0 Å². The summed E-state index contributed by atoms with van der Waals surface area (Å²) in [7, 11) is 0. The van der Waals surface area contributed by atoms with E-state index in [9.17, 15) is 0 Å². The zero-order valence-electron chi connectivity index (χ0n) is 15.9. The number of ether oxygens (including phenoxy) is 1. The molecule has 0 spiro atoms. The molecule has 1 aromatic heterocycles. The number of hydrogen-bond donors (Lipinski definition) is 1. The molecular weight excluding hydrogens is 322 g/mol. The van der Waals surface area contributed by atoms with Gasteiger partial charge in [-0.15, -0.1) is 0 Å². The van der Waals surface area contributed by atoms with E-state index in [0.717, 1.165) is 49.8 Å². The maximum Gasteiger partial charge on any atom is 0.126 e. The third-order valence-corrected chi connectivity index (χ3v) is 5.24. The molecule has 2 aliphatic heterocycles. The van der Waals surface area contributed by atoms with E-state index in [1.165, 1.54) is 16.7 Å². The van der Waals surface area contributed by atoms with Crippen LogP contribution in [-0.4, -0.2) is 30.5 Å². The Morgan fingerprint density at radius 2 is 2.12 bits per heavy atom. The number of benzene rings is 1. The summed E-state index contributed by atoms with van der Waals surface area (Å²) in [5.74, 6) is 2.29. The molecule has 1 N–H and O–H groups in total. The topological polar surface area (TPSA) is 46.5 Å². The molecule has 0 aliphatic carbocycles. The van der Waals surface area contributed by atoms with Crippen molar-refractivity contribution in [3.63, 3.8) is 0 Å². The summed E-state index contributed by atoms with van der Waals surface area (Å²) >= 11 is 0. The molecule has 0 fully saturated rings. The van der Waals surface area contributed by atoms with Crippen molar-refractivity contribution in [2.45, 2.75) is 44.9 Å². The van der Waals surface area contributed by atoms with Gasteiger partial charge in [0, 0.05) is 42.8 Å². The Bertz CT molecular complexity index is 821. The monoisotopic (exact) mass is 349 g/mol. The zero-order chi connectivity index (χ0) is 18.1. The van der Waals surface area contributed by atoms with Crippen molar-refractivity contribution in [1.82, 2.24) is 10.3 Å². The average molecular weight is 349 g/mol. The zero-order valence-corrected chi connectivity index (χ0v) is 15.9. The molecular formula is C22H27N3O. The highest BCUT2D eigenvalue weighted by molar-refractivity contribution is 5.85. The normalized spacial score (nSPS) is 17.3. The SMILES string of the molecule is CC(C)(C)c1cc2c(c(C(CC3=NCCN3)c3ccccn3)c1)OCC2. The van der Waals surface area contributed by atoms with E-state index in [-0.39, 0.29) is 11.3 Å². The number of rotatable bonds is 4. The van der Waals surface area contributed by atoms with E-state index in [1.54, 1.807) is 0 Å². The van der Waals surface area contributed by atoms with Crippen LogP contribution in [-0.2, 0) is 11.8 Å². The number of aliphatic imine (C=N–C) groups is 1. The molecule has 2 aliphatic rings. The van der Waals surface area contributed by atoms with Crippen LogP contribution in [0, 0.1) is 0 Å². The van der Waals surface area contributed by atoms with Crippen LogP contribution >= 0.6 is 0 Å². The van der Waals surface area contributed by atoms with Crippen molar-refractivity contribution in [3.8, 4) is 5.75 Å². The number of fused-ring (bicyclic) bond motifs is 1. The Morgan fingerprint density at radius 1 is 1.23 bits per heavy atom. The van der Waals surface area contributed by atoms with Crippen LogP contribution in [0.2, 0.25) is 0 Å². The van der Waals surface area contributed by atoms with Gasteiger partial charge in [-0.3, -0.25) is 9.98 Å². The van der Waals surface area contributed by atoms with Crippen LogP contribution in [0.4, 0.5) is 0 Å². The van der Waals surface area contributed by atoms with E-state index in [1.807, 2.05) is 12.3 Å². The van der Waals surface area contributed by atoms with Gasteiger partial charge >= 0.3 is 0 Å². The van der Waals surface area contributed by atoms with Crippen LogP contribution in [0.3, 0.4) is 0 Å². The fourth-order valence-electron chi connectivity index (χ4n) is 3.76. The fraction of sp³-hybridized carbons (Fsp3) is 0.455. The predicted molar refractivity (Wildman–Crippen MR) is 105 cm³/mol. The van der Waals surface area contributed by atoms with Crippen molar-refractivity contribution in [2.75, 3.05) is 19.7 Å². The second-order valence-electron chi connectivity index (χ2n) is 8.17. The minimum atomic E-state index is 0.101. The van der Waals surface area contributed by atoms with Gasteiger partial charge in [-0.1, -0.05) is 39.0 Å². The lowest BCUT2D eigenvalue weighted by molar-refractivity contribution is 0.352. The predicted octanol–water partition coefficient (Wildman–Crippen LogP) is 3.84. The lowest BCUT2D eigenvalue weighted by Crippen LogP contribution is -2.22. The first-order valence-electron chi connectivity index (χ1n) is 9.50. The molecule has 1 atom stereocenters. The first kappa shape index (κ1) is 17.1. The first-order valence-corrected chi connectivity index (χ1v) is 9.50. The summed E-state index contributed by atoms with van der Waals surface area (Å²) in [6.45, 7) is 9.37. The molecule has 2 aromatic rings. The third kappa shape index (κ3) is 3.33. The van der Waals surface area contributed by atoms with Crippen molar-refractivity contribution in [3.05, 3.63) is 58.9 Å². The van der Waals surface area contributed by atoms with E-state index in [2.05, 4.69) is 60.3 Å². The molecule has 1 unspecified atom stereocenters. The summed E-state index contributed by atoms with van der Waals surface area (Å²) < 4.78 is 6.08. The van der Waals surface area contributed by atoms with E-state index in [4.69, 9.17) is 4.74 Å². The highest BCUT2D eigenvalue weighted by Gasteiger charge is 2.29. The summed E-state index contributed by atoms with van der Waals surface area (Å²) in [5.41, 5.74) is 5.12. The van der Waals surface area contributed by atoms with Gasteiger partial charge in [0.2, 0.25) is 0 Å². The second kappa shape index (κ2) is 6.75. The largest absolute Gasteiger partial charge is 0.493 e. The number of nitrogens with one attached hydrogen (secondary N) is 1. The average Bonchev–Trinajstić information content (AvgIpc) is 3.30. The van der Waals surface area contributed by atoms with Crippen LogP contribution < -0.4 is 10.1 Å². The molecule has 136 valence electrons. The number of aromatic nitrogens is 1. The van der Waals surface area contributed by atoms with Crippen LogP contribution in [0.15, 0.2) is 41.5 Å². The Morgan fingerprint density at radius 3 is 2.81 bits per heavy atom. The van der Waals surface area contributed by atoms with Gasteiger partial charge < -0.3 is 10.1 Å². The number of hydrogen-bond acceptors (Lipinski definition) is 4. The van der Waals surface area contributed by atoms with Crippen LogP contribution in [0.5, 0.6) is 5.75 Å². The second-order valence-corrected chi connectivity index (χ2v) is 8.17. The molecule has 4 nitrogen and oxygen atoms in total. The summed E-state index contributed by atoms with van der Waals surface area (Å²) in [5, 5.41) is 3.42. The van der Waals surface area contributed by atoms with Crippen molar-refractivity contribution in [1.29, 1.82) is 0 Å². The maximum absolute atomic E-state index is 6.08. The lowest BCUT2D eigenvalue weighted by Gasteiger charge is -2.25. The summed E-state index contributed by atoms with van der Waals surface area (Å²) in [4.78, 5) is 9.30. The Balaban J connectivity index is 1.83. The number of nitrogens with zero attached hydrogens (tertiary/aromatic N) is 2. The van der Waals surface area contributed by atoms with Crippen LogP contribution in [0.1, 0.15) is 55.5 Å². The molecule has 4 rings (SSSR count). The molecule has 26 heavy (non-hydrogen) atoms. The molecule has 0 saturated heterocycles. The Hall–Kier alpha value is -2.36. The minimum Gasteiger partial charge on any atom is -0.493 e. The third-order valence-electron chi connectivity index (χ3n) is 5.24. The first-order chi connectivity index (χ1) is 12.5. The number of amidine groups is 1. The number of pyridine rings is 1. The summed E-state index contributed by atoms with van der Waals surface area (Å²) in [6, 6.07) is 10.8. The molecule has 4 heteroatoms. The van der Waals surface area contributed by atoms with Gasteiger partial charge in [-0.2, -0.15) is 0 Å². The molecule has 0 bridgehead atoms. The molecule has 3 heterocycles. The molecule has 0 saturated carbocycles.